The van der Waals surface area contributed by atoms with Gasteiger partial charge in [0, 0.05) is 19.0 Å². The Hall–Kier alpha value is -1.88. The van der Waals surface area contributed by atoms with Crippen molar-refractivity contribution in [3.8, 4) is 0 Å². The smallest absolute Gasteiger partial charge is 0.234 e. The van der Waals surface area contributed by atoms with E-state index in [1.54, 1.807) is 0 Å². The summed E-state index contributed by atoms with van der Waals surface area (Å²) in [6, 6.07) is 8.63. The fourth-order valence-electron chi connectivity index (χ4n) is 4.28. The van der Waals surface area contributed by atoms with E-state index in [4.69, 9.17) is 0 Å². The van der Waals surface area contributed by atoms with Crippen LogP contribution in [-0.4, -0.2) is 54.3 Å². The van der Waals surface area contributed by atoms with Gasteiger partial charge in [-0.15, -0.1) is 0 Å². The predicted molar refractivity (Wildman–Crippen MR) is 123 cm³/mol. The molecule has 1 N–H and O–H groups in total. The van der Waals surface area contributed by atoms with Crippen LogP contribution >= 0.6 is 0 Å². The van der Waals surface area contributed by atoms with Crippen molar-refractivity contribution in [2.75, 3.05) is 32.7 Å². The fraction of sp³-hybridized carbons (Fsp3) is 0.680. The lowest BCUT2D eigenvalue weighted by Gasteiger charge is -2.33. The number of benzene rings is 1. The van der Waals surface area contributed by atoms with Crippen LogP contribution in [0.5, 0.6) is 0 Å². The molecule has 1 aliphatic heterocycles. The van der Waals surface area contributed by atoms with Gasteiger partial charge in [-0.05, 0) is 62.7 Å². The van der Waals surface area contributed by atoms with Gasteiger partial charge in [0.2, 0.25) is 11.8 Å². The molecule has 1 aromatic carbocycles. The topological polar surface area (TPSA) is 52.7 Å². The Kier molecular flexibility index (Phi) is 9.35. The SMILES string of the molecule is CCN(CC)C(=O)C1CCN(CC(=O)NC(c2ccc(C(C)C)cc2)C(C)C)CC1. The van der Waals surface area contributed by atoms with E-state index < -0.39 is 0 Å². The molecule has 2 rings (SSSR count). The van der Waals surface area contributed by atoms with Crippen LogP contribution in [0.15, 0.2) is 24.3 Å². The summed E-state index contributed by atoms with van der Waals surface area (Å²) in [4.78, 5) is 29.4. The third kappa shape index (κ3) is 6.56. The number of rotatable bonds is 9. The number of carbonyl (C=O) groups excluding carboxylic acids is 2. The molecule has 1 unspecified atom stereocenters. The van der Waals surface area contributed by atoms with Crippen LogP contribution in [0.4, 0.5) is 0 Å². The molecular formula is C25H41N3O2. The number of nitrogens with zero attached hydrogens (tertiary/aromatic N) is 2. The van der Waals surface area contributed by atoms with Crippen LogP contribution in [0, 0.1) is 11.8 Å². The molecular weight excluding hydrogens is 374 g/mol. The number of nitrogens with one attached hydrogen (secondary N) is 1. The largest absolute Gasteiger partial charge is 0.348 e. The van der Waals surface area contributed by atoms with Crippen molar-refractivity contribution in [3.05, 3.63) is 35.4 Å². The maximum absolute atomic E-state index is 12.8. The molecule has 1 fully saturated rings. The number of hydrogen-bond donors (Lipinski definition) is 1. The highest BCUT2D eigenvalue weighted by atomic mass is 16.2. The third-order valence-electron chi connectivity index (χ3n) is 6.32. The number of amides is 2. The summed E-state index contributed by atoms with van der Waals surface area (Å²) >= 11 is 0. The monoisotopic (exact) mass is 415 g/mol. The molecule has 1 saturated heterocycles. The molecule has 0 aromatic heterocycles. The number of piperidine rings is 1. The first kappa shape index (κ1) is 24.4. The van der Waals surface area contributed by atoms with E-state index in [-0.39, 0.29) is 23.8 Å². The summed E-state index contributed by atoms with van der Waals surface area (Å²) in [5.41, 5.74) is 2.47. The minimum atomic E-state index is 0.0143. The van der Waals surface area contributed by atoms with E-state index in [1.165, 1.54) is 5.56 Å². The van der Waals surface area contributed by atoms with Gasteiger partial charge in [-0.2, -0.15) is 0 Å². The molecule has 1 atom stereocenters. The molecule has 1 heterocycles. The van der Waals surface area contributed by atoms with Gasteiger partial charge in [-0.1, -0.05) is 52.0 Å². The van der Waals surface area contributed by atoms with Crippen molar-refractivity contribution < 1.29 is 9.59 Å². The van der Waals surface area contributed by atoms with Gasteiger partial charge < -0.3 is 10.2 Å². The van der Waals surface area contributed by atoms with E-state index >= 15 is 0 Å². The lowest BCUT2D eigenvalue weighted by molar-refractivity contribution is -0.136. The highest BCUT2D eigenvalue weighted by Gasteiger charge is 2.28. The molecule has 0 saturated carbocycles. The molecule has 5 nitrogen and oxygen atoms in total. The van der Waals surface area contributed by atoms with Crippen molar-refractivity contribution in [1.29, 1.82) is 0 Å². The van der Waals surface area contributed by atoms with E-state index in [0.29, 0.717) is 18.4 Å². The predicted octanol–water partition coefficient (Wildman–Crippen LogP) is 4.20. The Labute approximate surface area is 183 Å². The highest BCUT2D eigenvalue weighted by molar-refractivity contribution is 5.80. The Morgan fingerprint density at radius 1 is 1.00 bits per heavy atom. The number of carbonyl (C=O) groups is 2. The maximum Gasteiger partial charge on any atom is 0.234 e. The molecule has 0 spiro atoms. The van der Waals surface area contributed by atoms with Gasteiger partial charge >= 0.3 is 0 Å². The zero-order chi connectivity index (χ0) is 22.3. The van der Waals surface area contributed by atoms with Gasteiger partial charge in [0.05, 0.1) is 12.6 Å². The van der Waals surface area contributed by atoms with Gasteiger partial charge in [-0.25, -0.2) is 0 Å². The number of hydrogen-bond acceptors (Lipinski definition) is 3. The summed E-state index contributed by atoms with van der Waals surface area (Å²) in [6.07, 6.45) is 1.68. The molecule has 0 radical (unpaired) electrons. The zero-order valence-corrected chi connectivity index (χ0v) is 19.8. The van der Waals surface area contributed by atoms with Crippen molar-refractivity contribution in [2.45, 2.75) is 66.3 Å². The molecule has 30 heavy (non-hydrogen) atoms. The van der Waals surface area contributed by atoms with Crippen molar-refractivity contribution in [2.24, 2.45) is 11.8 Å². The average Bonchev–Trinajstić information content (AvgIpc) is 2.73. The molecule has 168 valence electrons. The summed E-state index contributed by atoms with van der Waals surface area (Å²) in [6.45, 7) is 16.3. The summed E-state index contributed by atoms with van der Waals surface area (Å²) < 4.78 is 0. The minimum absolute atomic E-state index is 0.0143. The summed E-state index contributed by atoms with van der Waals surface area (Å²) in [7, 11) is 0. The van der Waals surface area contributed by atoms with Gasteiger partial charge in [0.25, 0.3) is 0 Å². The Morgan fingerprint density at radius 2 is 1.53 bits per heavy atom. The second-order valence-corrected chi connectivity index (χ2v) is 9.17. The Bertz CT molecular complexity index is 672. The Morgan fingerprint density at radius 3 is 2.00 bits per heavy atom. The standard InChI is InChI=1S/C25H41N3O2/c1-7-28(8-2)25(30)22-13-15-27(16-14-22)17-23(29)26-24(19(5)6)21-11-9-20(10-12-21)18(3)4/h9-12,18-19,22,24H,7-8,13-17H2,1-6H3,(H,26,29). The zero-order valence-electron chi connectivity index (χ0n) is 19.8. The lowest BCUT2D eigenvalue weighted by atomic mass is 9.93. The molecule has 0 bridgehead atoms. The van der Waals surface area contributed by atoms with Crippen LogP contribution in [0.25, 0.3) is 0 Å². The van der Waals surface area contributed by atoms with Crippen molar-refractivity contribution >= 4 is 11.8 Å². The maximum atomic E-state index is 12.8. The van der Waals surface area contributed by atoms with Crippen molar-refractivity contribution in [1.82, 2.24) is 15.1 Å². The number of likely N-dealkylation sites (tertiary alicyclic amines) is 1. The van der Waals surface area contributed by atoms with E-state index in [0.717, 1.165) is 44.6 Å². The van der Waals surface area contributed by atoms with Crippen molar-refractivity contribution in [3.63, 3.8) is 0 Å². The second kappa shape index (κ2) is 11.5. The van der Waals surface area contributed by atoms with E-state index in [2.05, 4.69) is 62.2 Å². The second-order valence-electron chi connectivity index (χ2n) is 9.17. The Balaban J connectivity index is 1.89. The van der Waals surface area contributed by atoms with E-state index in [1.807, 2.05) is 18.7 Å². The average molecular weight is 416 g/mol. The quantitative estimate of drug-likeness (QED) is 0.657. The molecule has 5 heteroatoms. The summed E-state index contributed by atoms with van der Waals surface area (Å²) in [5, 5.41) is 3.24. The third-order valence-corrected chi connectivity index (χ3v) is 6.32. The molecule has 2 amide bonds. The normalized spacial score (nSPS) is 16.7. The molecule has 1 aromatic rings. The minimum Gasteiger partial charge on any atom is -0.348 e. The lowest BCUT2D eigenvalue weighted by Crippen LogP contribution is -2.46. The van der Waals surface area contributed by atoms with Crippen LogP contribution in [0.1, 0.15) is 77.5 Å². The van der Waals surface area contributed by atoms with Gasteiger partial charge in [-0.3, -0.25) is 14.5 Å². The van der Waals surface area contributed by atoms with Crippen LogP contribution in [0.3, 0.4) is 0 Å². The summed E-state index contributed by atoms with van der Waals surface area (Å²) in [5.74, 6) is 1.26. The first-order valence-corrected chi connectivity index (χ1v) is 11.7. The highest BCUT2D eigenvalue weighted by Crippen LogP contribution is 2.24. The van der Waals surface area contributed by atoms with E-state index in [9.17, 15) is 9.59 Å². The van der Waals surface area contributed by atoms with Crippen LogP contribution in [0.2, 0.25) is 0 Å². The van der Waals surface area contributed by atoms with Gasteiger partial charge in [0.15, 0.2) is 0 Å². The molecule has 0 aliphatic carbocycles. The first-order valence-electron chi connectivity index (χ1n) is 11.7. The first-order chi connectivity index (χ1) is 14.3. The fourth-order valence-corrected chi connectivity index (χ4v) is 4.28. The molecule has 1 aliphatic rings. The van der Waals surface area contributed by atoms with Crippen LogP contribution < -0.4 is 5.32 Å². The van der Waals surface area contributed by atoms with Gasteiger partial charge in [0.1, 0.15) is 0 Å². The van der Waals surface area contributed by atoms with Crippen LogP contribution in [-0.2, 0) is 9.59 Å².